The zero-order valence-electron chi connectivity index (χ0n) is 11.5. The second kappa shape index (κ2) is 6.72. The molecule has 1 aliphatic carbocycles. The lowest BCUT2D eigenvalue weighted by molar-refractivity contribution is -0.122. The van der Waals surface area contributed by atoms with E-state index < -0.39 is 0 Å². The van der Waals surface area contributed by atoms with Crippen LogP contribution in [0.25, 0.3) is 0 Å². The normalized spacial score (nSPS) is 18.1. The van der Waals surface area contributed by atoms with Crippen molar-refractivity contribution in [2.45, 2.75) is 58.3 Å². The molecule has 0 N–H and O–H groups in total. The van der Waals surface area contributed by atoms with Gasteiger partial charge in [-0.05, 0) is 25.3 Å². The summed E-state index contributed by atoms with van der Waals surface area (Å²) in [7, 11) is 0. The fraction of sp³-hybridized carbons (Fsp3) is 0.588. The molecule has 1 aliphatic rings. The summed E-state index contributed by atoms with van der Waals surface area (Å²) >= 11 is 0. The van der Waals surface area contributed by atoms with Crippen molar-refractivity contribution >= 4 is 5.78 Å². The molecule has 0 spiro atoms. The van der Waals surface area contributed by atoms with Gasteiger partial charge < -0.3 is 0 Å². The minimum Gasteiger partial charge on any atom is -0.299 e. The van der Waals surface area contributed by atoms with Crippen molar-refractivity contribution in [1.82, 2.24) is 0 Å². The third-order valence-corrected chi connectivity index (χ3v) is 4.02. The molecule has 0 bridgehead atoms. The summed E-state index contributed by atoms with van der Waals surface area (Å²) in [5.74, 6) is 0.785. The van der Waals surface area contributed by atoms with Gasteiger partial charge in [0.1, 0.15) is 5.78 Å². The second-order valence-corrected chi connectivity index (χ2v) is 5.67. The van der Waals surface area contributed by atoms with Gasteiger partial charge in [0.05, 0.1) is 0 Å². The van der Waals surface area contributed by atoms with E-state index in [2.05, 4.69) is 31.2 Å². The molecule has 0 heterocycles. The maximum absolute atomic E-state index is 12.3. The van der Waals surface area contributed by atoms with Crippen LogP contribution in [0, 0.1) is 12.8 Å². The van der Waals surface area contributed by atoms with Gasteiger partial charge in [-0.3, -0.25) is 4.79 Å². The summed E-state index contributed by atoms with van der Waals surface area (Å²) in [6.07, 6.45) is 9.33. The molecule has 1 saturated carbocycles. The number of ketones is 1. The Balaban J connectivity index is 1.93. The first-order valence-corrected chi connectivity index (χ1v) is 7.34. The average molecular weight is 244 g/mol. The lowest BCUT2D eigenvalue weighted by Gasteiger charge is -2.18. The Bertz CT molecular complexity index is 386. The quantitative estimate of drug-likeness (QED) is 0.767. The van der Waals surface area contributed by atoms with Gasteiger partial charge in [0, 0.05) is 12.3 Å². The van der Waals surface area contributed by atoms with Gasteiger partial charge in [-0.25, -0.2) is 0 Å². The molecular formula is C17H24O. The highest BCUT2D eigenvalue weighted by Gasteiger charge is 2.19. The predicted molar refractivity (Wildman–Crippen MR) is 75.7 cm³/mol. The molecule has 1 fully saturated rings. The van der Waals surface area contributed by atoms with E-state index in [1.165, 1.54) is 43.2 Å². The number of Topliss-reactive ketones (excluding diaryl/α,β-unsaturated/α-hetero) is 1. The van der Waals surface area contributed by atoms with Gasteiger partial charge in [-0.1, -0.05) is 61.9 Å². The molecule has 98 valence electrons. The monoisotopic (exact) mass is 244 g/mol. The van der Waals surface area contributed by atoms with Crippen LogP contribution in [0.2, 0.25) is 0 Å². The molecule has 1 aromatic rings. The summed E-state index contributed by atoms with van der Waals surface area (Å²) in [6.45, 7) is 2.09. The zero-order valence-corrected chi connectivity index (χ0v) is 11.5. The molecule has 0 amide bonds. The fourth-order valence-electron chi connectivity index (χ4n) is 2.95. The Morgan fingerprint density at radius 3 is 2.44 bits per heavy atom. The average Bonchev–Trinajstić information content (AvgIpc) is 2.28. The molecule has 1 heteroatoms. The minimum absolute atomic E-state index is 0.325. The number of rotatable bonds is 3. The van der Waals surface area contributed by atoms with Gasteiger partial charge in [-0.2, -0.15) is 0 Å². The van der Waals surface area contributed by atoms with Crippen LogP contribution in [0.1, 0.15) is 56.1 Å². The van der Waals surface area contributed by atoms with Gasteiger partial charge in [-0.15, -0.1) is 0 Å². The van der Waals surface area contributed by atoms with E-state index in [1.54, 1.807) is 0 Å². The van der Waals surface area contributed by atoms with Crippen molar-refractivity contribution in [3.8, 4) is 0 Å². The smallest absolute Gasteiger partial charge is 0.140 e. The van der Waals surface area contributed by atoms with E-state index in [9.17, 15) is 4.79 Å². The van der Waals surface area contributed by atoms with E-state index in [0.717, 1.165) is 12.8 Å². The molecule has 0 aliphatic heterocycles. The molecule has 2 rings (SSSR count). The summed E-state index contributed by atoms with van der Waals surface area (Å²) in [6, 6.07) is 8.36. The van der Waals surface area contributed by atoms with Crippen LogP contribution in [-0.2, 0) is 11.2 Å². The Hall–Kier alpha value is -1.11. The number of aryl methyl sites for hydroxylation is 1. The third-order valence-electron chi connectivity index (χ3n) is 4.02. The van der Waals surface area contributed by atoms with Crippen LogP contribution in [0.3, 0.4) is 0 Å². The maximum atomic E-state index is 12.3. The molecular weight excluding hydrogens is 220 g/mol. The van der Waals surface area contributed by atoms with Crippen molar-refractivity contribution < 1.29 is 4.79 Å². The largest absolute Gasteiger partial charge is 0.299 e. The molecule has 1 aromatic carbocycles. The molecule has 0 atom stereocenters. The highest BCUT2D eigenvalue weighted by atomic mass is 16.1. The first-order valence-electron chi connectivity index (χ1n) is 7.34. The molecule has 0 aromatic heterocycles. The van der Waals surface area contributed by atoms with Crippen LogP contribution in [0.15, 0.2) is 24.3 Å². The fourth-order valence-corrected chi connectivity index (χ4v) is 2.95. The van der Waals surface area contributed by atoms with E-state index in [1.807, 2.05) is 0 Å². The van der Waals surface area contributed by atoms with Gasteiger partial charge in [0.15, 0.2) is 0 Å². The van der Waals surface area contributed by atoms with E-state index >= 15 is 0 Å². The third kappa shape index (κ3) is 3.97. The number of benzene rings is 1. The van der Waals surface area contributed by atoms with Gasteiger partial charge >= 0.3 is 0 Å². The van der Waals surface area contributed by atoms with Crippen LogP contribution in [-0.4, -0.2) is 5.78 Å². The molecule has 18 heavy (non-hydrogen) atoms. The Kier molecular flexibility index (Phi) is 4.98. The van der Waals surface area contributed by atoms with Crippen molar-refractivity contribution in [2.24, 2.45) is 5.92 Å². The van der Waals surface area contributed by atoms with Crippen molar-refractivity contribution in [3.05, 3.63) is 35.4 Å². The van der Waals surface area contributed by atoms with Gasteiger partial charge in [0.2, 0.25) is 0 Å². The summed E-state index contributed by atoms with van der Waals surface area (Å²) in [5.41, 5.74) is 2.43. The number of carbonyl (C=O) groups excluding carboxylic acids is 1. The highest BCUT2D eigenvalue weighted by molar-refractivity contribution is 5.83. The van der Waals surface area contributed by atoms with Crippen LogP contribution < -0.4 is 0 Å². The van der Waals surface area contributed by atoms with Crippen LogP contribution in [0.4, 0.5) is 0 Å². The lowest BCUT2D eigenvalue weighted by atomic mass is 9.86. The maximum Gasteiger partial charge on any atom is 0.140 e. The molecule has 0 saturated heterocycles. The summed E-state index contributed by atoms with van der Waals surface area (Å²) in [4.78, 5) is 12.3. The first-order chi connectivity index (χ1) is 8.75. The van der Waals surface area contributed by atoms with Crippen LogP contribution >= 0.6 is 0 Å². The lowest BCUT2D eigenvalue weighted by Crippen LogP contribution is -2.18. The van der Waals surface area contributed by atoms with E-state index in [0.29, 0.717) is 18.1 Å². The van der Waals surface area contributed by atoms with E-state index in [4.69, 9.17) is 0 Å². The first kappa shape index (κ1) is 13.3. The second-order valence-electron chi connectivity index (χ2n) is 5.67. The minimum atomic E-state index is 0.325. The van der Waals surface area contributed by atoms with Crippen molar-refractivity contribution in [3.63, 3.8) is 0 Å². The topological polar surface area (TPSA) is 17.1 Å². The van der Waals surface area contributed by atoms with Crippen molar-refractivity contribution in [2.75, 3.05) is 0 Å². The van der Waals surface area contributed by atoms with E-state index in [-0.39, 0.29) is 0 Å². The van der Waals surface area contributed by atoms with Crippen LogP contribution in [0.5, 0.6) is 0 Å². The zero-order chi connectivity index (χ0) is 12.8. The highest BCUT2D eigenvalue weighted by Crippen LogP contribution is 2.24. The summed E-state index contributed by atoms with van der Waals surface area (Å²) < 4.78 is 0. The SMILES string of the molecule is Cc1cccc(CC(=O)C2CCCCCCC2)c1. The Labute approximate surface area is 111 Å². The molecule has 0 unspecified atom stereocenters. The predicted octanol–water partition coefficient (Wildman–Crippen LogP) is 4.47. The Morgan fingerprint density at radius 1 is 1.11 bits per heavy atom. The Morgan fingerprint density at radius 2 is 1.78 bits per heavy atom. The summed E-state index contributed by atoms with van der Waals surface area (Å²) in [5, 5.41) is 0. The van der Waals surface area contributed by atoms with Gasteiger partial charge in [0.25, 0.3) is 0 Å². The standard InChI is InChI=1S/C17H24O/c1-14-8-7-9-15(12-14)13-17(18)16-10-5-3-2-4-6-11-16/h7-9,12,16H,2-6,10-11,13H2,1H3. The number of hydrogen-bond donors (Lipinski definition) is 0. The molecule has 1 nitrogen and oxygen atoms in total. The number of hydrogen-bond acceptors (Lipinski definition) is 1. The number of carbonyl (C=O) groups is 1. The molecule has 0 radical (unpaired) electrons. The van der Waals surface area contributed by atoms with Crippen molar-refractivity contribution in [1.29, 1.82) is 0 Å².